The van der Waals surface area contributed by atoms with Gasteiger partial charge in [-0.25, -0.2) is 4.98 Å². The quantitative estimate of drug-likeness (QED) is 0.248. The number of fused-ring (bicyclic) bond motifs is 8. The standard InChI is InChI=1S/C33H19NOS/c1-3-10-29-26(8-1)27-15-13-23(18-30(27)35-29)21-7-5-6-20(16-21)22-12-14-25-24(17-22)19-34-33-32(25)28-9-2-4-11-31(28)36-33/h1-19H. The summed E-state index contributed by atoms with van der Waals surface area (Å²) in [6, 6.07) is 38.8. The summed E-state index contributed by atoms with van der Waals surface area (Å²) >= 11 is 1.76. The molecule has 8 aromatic rings. The summed E-state index contributed by atoms with van der Waals surface area (Å²) in [6.45, 7) is 0. The second kappa shape index (κ2) is 7.51. The molecule has 168 valence electrons. The van der Waals surface area contributed by atoms with Crippen molar-refractivity contribution in [2.75, 3.05) is 0 Å². The van der Waals surface area contributed by atoms with E-state index in [2.05, 4.69) is 97.1 Å². The van der Waals surface area contributed by atoms with Crippen LogP contribution in [-0.2, 0) is 0 Å². The Labute approximate surface area is 211 Å². The lowest BCUT2D eigenvalue weighted by Gasteiger charge is -2.08. The van der Waals surface area contributed by atoms with Crippen LogP contribution in [0.4, 0.5) is 0 Å². The lowest BCUT2D eigenvalue weighted by atomic mass is 9.96. The predicted molar refractivity (Wildman–Crippen MR) is 153 cm³/mol. The van der Waals surface area contributed by atoms with Crippen LogP contribution in [0.2, 0.25) is 0 Å². The molecule has 0 radical (unpaired) electrons. The first-order chi connectivity index (χ1) is 17.8. The van der Waals surface area contributed by atoms with Crippen LogP contribution >= 0.6 is 11.3 Å². The van der Waals surface area contributed by atoms with Crippen LogP contribution in [-0.4, -0.2) is 4.98 Å². The Morgan fingerprint density at radius 3 is 2.11 bits per heavy atom. The first-order valence-electron chi connectivity index (χ1n) is 12.0. The van der Waals surface area contributed by atoms with Crippen LogP contribution in [0.15, 0.2) is 120 Å². The van der Waals surface area contributed by atoms with Gasteiger partial charge in [-0.05, 0) is 64.0 Å². The fourth-order valence-electron chi connectivity index (χ4n) is 5.37. The van der Waals surface area contributed by atoms with E-state index in [1.54, 1.807) is 11.3 Å². The fourth-order valence-corrected chi connectivity index (χ4v) is 6.43. The van der Waals surface area contributed by atoms with Crippen molar-refractivity contribution < 1.29 is 4.42 Å². The van der Waals surface area contributed by atoms with Crippen molar-refractivity contribution in [2.24, 2.45) is 0 Å². The van der Waals surface area contributed by atoms with Crippen molar-refractivity contribution >= 4 is 64.4 Å². The molecule has 2 nitrogen and oxygen atoms in total. The molecule has 3 heteroatoms. The fraction of sp³-hybridized carbons (Fsp3) is 0. The largest absolute Gasteiger partial charge is 0.456 e. The van der Waals surface area contributed by atoms with Gasteiger partial charge in [0.1, 0.15) is 16.0 Å². The van der Waals surface area contributed by atoms with Gasteiger partial charge in [0.15, 0.2) is 0 Å². The van der Waals surface area contributed by atoms with Crippen LogP contribution < -0.4 is 0 Å². The molecule has 3 aromatic heterocycles. The first kappa shape index (κ1) is 19.8. The topological polar surface area (TPSA) is 26.0 Å². The van der Waals surface area contributed by atoms with Gasteiger partial charge in [-0.15, -0.1) is 11.3 Å². The minimum atomic E-state index is 0.919. The molecule has 0 unspecified atom stereocenters. The summed E-state index contributed by atoms with van der Waals surface area (Å²) in [5.74, 6) is 0. The Bertz CT molecular complexity index is 2110. The molecule has 36 heavy (non-hydrogen) atoms. The van der Waals surface area contributed by atoms with Crippen molar-refractivity contribution in [2.45, 2.75) is 0 Å². The first-order valence-corrected chi connectivity index (χ1v) is 12.9. The molecule has 0 bridgehead atoms. The zero-order chi connectivity index (χ0) is 23.6. The molecule has 0 fully saturated rings. The molecule has 0 spiro atoms. The van der Waals surface area contributed by atoms with E-state index >= 15 is 0 Å². The van der Waals surface area contributed by atoms with Gasteiger partial charge in [0.25, 0.3) is 0 Å². The molecule has 5 aromatic carbocycles. The lowest BCUT2D eigenvalue weighted by Crippen LogP contribution is -1.84. The van der Waals surface area contributed by atoms with Gasteiger partial charge in [0, 0.05) is 37.8 Å². The summed E-state index contributed by atoms with van der Waals surface area (Å²) in [5, 5.41) is 7.27. The number of hydrogen-bond acceptors (Lipinski definition) is 3. The van der Waals surface area contributed by atoms with E-state index in [1.807, 2.05) is 18.3 Å². The summed E-state index contributed by atoms with van der Waals surface area (Å²) in [6.07, 6.45) is 2.01. The van der Waals surface area contributed by atoms with E-state index < -0.39 is 0 Å². The predicted octanol–water partition coefficient (Wildman–Crippen LogP) is 9.84. The van der Waals surface area contributed by atoms with Gasteiger partial charge in [0.05, 0.1) is 0 Å². The molecule has 0 aliphatic heterocycles. The Morgan fingerprint density at radius 2 is 1.22 bits per heavy atom. The SMILES string of the molecule is c1cc(-c2ccc3c(cnc4sc5ccccc5c43)c2)cc(-c2ccc3c(c2)oc2ccccc23)c1. The molecule has 0 aliphatic carbocycles. The third kappa shape index (κ3) is 2.93. The van der Waals surface area contributed by atoms with Crippen LogP contribution in [0.3, 0.4) is 0 Å². The molecule has 0 saturated carbocycles. The van der Waals surface area contributed by atoms with Gasteiger partial charge >= 0.3 is 0 Å². The lowest BCUT2D eigenvalue weighted by molar-refractivity contribution is 0.669. The minimum Gasteiger partial charge on any atom is -0.456 e. The number of benzene rings is 5. The number of furan rings is 1. The summed E-state index contributed by atoms with van der Waals surface area (Å²) in [4.78, 5) is 5.90. The maximum absolute atomic E-state index is 6.13. The van der Waals surface area contributed by atoms with E-state index in [1.165, 1.54) is 37.5 Å². The Balaban J connectivity index is 1.24. The number of pyridine rings is 1. The van der Waals surface area contributed by atoms with Crippen molar-refractivity contribution in [1.82, 2.24) is 4.98 Å². The maximum Gasteiger partial charge on any atom is 0.136 e. The zero-order valence-electron chi connectivity index (χ0n) is 19.2. The summed E-state index contributed by atoms with van der Waals surface area (Å²) in [7, 11) is 0. The van der Waals surface area contributed by atoms with E-state index in [-0.39, 0.29) is 0 Å². The van der Waals surface area contributed by atoms with Crippen LogP contribution in [0.5, 0.6) is 0 Å². The summed E-state index contributed by atoms with van der Waals surface area (Å²) in [5.41, 5.74) is 6.55. The number of nitrogens with zero attached hydrogens (tertiary/aromatic N) is 1. The Hall–Kier alpha value is -4.47. The molecule has 0 atom stereocenters. The van der Waals surface area contributed by atoms with Gasteiger partial charge in [-0.2, -0.15) is 0 Å². The average Bonchev–Trinajstić information content (AvgIpc) is 3.51. The monoisotopic (exact) mass is 477 g/mol. The number of aromatic nitrogens is 1. The molecule has 8 rings (SSSR count). The molecule has 0 aliphatic rings. The highest BCUT2D eigenvalue weighted by Gasteiger charge is 2.12. The van der Waals surface area contributed by atoms with E-state index in [0.29, 0.717) is 0 Å². The van der Waals surface area contributed by atoms with Crippen LogP contribution in [0.25, 0.3) is 75.3 Å². The van der Waals surface area contributed by atoms with Crippen molar-refractivity contribution in [1.29, 1.82) is 0 Å². The normalized spacial score (nSPS) is 11.9. The van der Waals surface area contributed by atoms with Gasteiger partial charge < -0.3 is 4.42 Å². The zero-order valence-corrected chi connectivity index (χ0v) is 20.0. The molecule has 0 amide bonds. The molecular formula is C33H19NOS. The average molecular weight is 478 g/mol. The van der Waals surface area contributed by atoms with Crippen LogP contribution in [0.1, 0.15) is 0 Å². The highest BCUT2D eigenvalue weighted by molar-refractivity contribution is 7.25. The number of rotatable bonds is 2. The number of hydrogen-bond donors (Lipinski definition) is 0. The minimum absolute atomic E-state index is 0.919. The molecule has 0 saturated heterocycles. The highest BCUT2D eigenvalue weighted by atomic mass is 32.1. The van der Waals surface area contributed by atoms with Gasteiger partial charge in [-0.3, -0.25) is 0 Å². The van der Waals surface area contributed by atoms with Gasteiger partial charge in [-0.1, -0.05) is 72.8 Å². The van der Waals surface area contributed by atoms with E-state index in [0.717, 1.165) is 37.7 Å². The smallest absolute Gasteiger partial charge is 0.136 e. The third-order valence-corrected chi connectivity index (χ3v) is 8.21. The highest BCUT2D eigenvalue weighted by Crippen LogP contribution is 2.38. The van der Waals surface area contributed by atoms with Crippen molar-refractivity contribution in [3.05, 3.63) is 115 Å². The summed E-state index contributed by atoms with van der Waals surface area (Å²) < 4.78 is 7.41. The van der Waals surface area contributed by atoms with Gasteiger partial charge in [0.2, 0.25) is 0 Å². The Kier molecular flexibility index (Phi) is 4.13. The molecule has 3 heterocycles. The number of para-hydroxylation sites is 1. The van der Waals surface area contributed by atoms with Crippen LogP contribution in [0, 0.1) is 0 Å². The van der Waals surface area contributed by atoms with Crippen molar-refractivity contribution in [3.8, 4) is 22.3 Å². The van der Waals surface area contributed by atoms with Crippen molar-refractivity contribution in [3.63, 3.8) is 0 Å². The Morgan fingerprint density at radius 1 is 0.528 bits per heavy atom. The number of thiophene rings is 1. The third-order valence-electron chi connectivity index (χ3n) is 7.13. The second-order valence-electron chi connectivity index (χ2n) is 9.23. The second-order valence-corrected chi connectivity index (χ2v) is 10.3. The maximum atomic E-state index is 6.13. The van der Waals surface area contributed by atoms with E-state index in [4.69, 9.17) is 9.40 Å². The van der Waals surface area contributed by atoms with E-state index in [9.17, 15) is 0 Å². The molecular weight excluding hydrogens is 458 g/mol. The molecule has 0 N–H and O–H groups in total.